The number of hydrogen-bond donors (Lipinski definition) is 1. The molecule has 2 aromatic rings. The van der Waals surface area contributed by atoms with Crippen molar-refractivity contribution in [3.05, 3.63) is 52.3 Å². The van der Waals surface area contributed by atoms with Crippen LogP contribution in [0.3, 0.4) is 0 Å². The minimum absolute atomic E-state index is 0. The predicted octanol–water partition coefficient (Wildman–Crippen LogP) is 3.98. The average Bonchev–Trinajstić information content (AvgIpc) is 2.92. The molecule has 26 heavy (non-hydrogen) atoms. The molecule has 1 aliphatic rings. The van der Waals surface area contributed by atoms with Crippen molar-refractivity contribution in [3.8, 4) is 5.75 Å². The number of ether oxygens (including phenoxy) is 1. The van der Waals surface area contributed by atoms with E-state index < -0.39 is 0 Å². The lowest BCUT2D eigenvalue weighted by atomic mass is 9.93. The summed E-state index contributed by atoms with van der Waals surface area (Å²) in [6.07, 6.45) is 3.09. The fraction of sp³-hybridized carbons (Fsp3) is 0.421. The first-order chi connectivity index (χ1) is 12.1. The lowest BCUT2D eigenvalue weighted by molar-refractivity contribution is 0.266. The SMILES string of the molecule is CN=C(NCC1CCOc2ccccc21)N(C)Cc1cc(Br)cn1C.I. The highest BCUT2D eigenvalue weighted by Gasteiger charge is 2.21. The van der Waals surface area contributed by atoms with Crippen LogP contribution >= 0.6 is 39.9 Å². The predicted molar refractivity (Wildman–Crippen MR) is 121 cm³/mol. The molecule has 0 radical (unpaired) electrons. The normalized spacial score (nSPS) is 16.3. The lowest BCUT2D eigenvalue weighted by Gasteiger charge is -2.28. The number of guanidine groups is 1. The van der Waals surface area contributed by atoms with Crippen molar-refractivity contribution >= 4 is 45.9 Å². The van der Waals surface area contributed by atoms with Gasteiger partial charge < -0.3 is 19.5 Å². The fourth-order valence-corrected chi connectivity index (χ4v) is 3.84. The van der Waals surface area contributed by atoms with Crippen LogP contribution in [0.2, 0.25) is 0 Å². The highest BCUT2D eigenvalue weighted by Crippen LogP contribution is 2.32. The van der Waals surface area contributed by atoms with Gasteiger partial charge in [-0.25, -0.2) is 0 Å². The molecule has 1 aromatic carbocycles. The number of halogens is 2. The molecule has 142 valence electrons. The highest BCUT2D eigenvalue weighted by atomic mass is 127. The van der Waals surface area contributed by atoms with E-state index in [0.717, 1.165) is 42.3 Å². The average molecular weight is 533 g/mol. The van der Waals surface area contributed by atoms with Gasteiger partial charge >= 0.3 is 0 Å². The first kappa shape index (κ1) is 21.1. The molecule has 3 rings (SSSR count). The number of aromatic nitrogens is 1. The molecular formula is C19H26BrIN4O. The Balaban J connectivity index is 0.00000243. The van der Waals surface area contributed by atoms with Crippen molar-refractivity contribution in [2.24, 2.45) is 12.0 Å². The Morgan fingerprint density at radius 1 is 1.42 bits per heavy atom. The number of para-hydroxylation sites is 1. The van der Waals surface area contributed by atoms with Gasteiger partial charge in [-0.1, -0.05) is 18.2 Å². The van der Waals surface area contributed by atoms with E-state index in [1.165, 1.54) is 11.3 Å². The maximum atomic E-state index is 5.75. The van der Waals surface area contributed by atoms with Crippen molar-refractivity contribution in [1.29, 1.82) is 0 Å². The number of aryl methyl sites for hydroxylation is 1. The first-order valence-electron chi connectivity index (χ1n) is 8.52. The Labute approximate surface area is 181 Å². The van der Waals surface area contributed by atoms with Crippen molar-refractivity contribution in [1.82, 2.24) is 14.8 Å². The molecular weight excluding hydrogens is 507 g/mol. The van der Waals surface area contributed by atoms with Crippen LogP contribution < -0.4 is 10.1 Å². The first-order valence-corrected chi connectivity index (χ1v) is 9.32. The van der Waals surface area contributed by atoms with Crippen molar-refractivity contribution in [2.45, 2.75) is 18.9 Å². The molecule has 0 bridgehead atoms. The monoisotopic (exact) mass is 532 g/mol. The second kappa shape index (κ2) is 9.64. The molecule has 1 aliphatic heterocycles. The van der Waals surface area contributed by atoms with E-state index in [9.17, 15) is 0 Å². The van der Waals surface area contributed by atoms with E-state index in [1.54, 1.807) is 0 Å². The summed E-state index contributed by atoms with van der Waals surface area (Å²) in [6.45, 7) is 2.43. The smallest absolute Gasteiger partial charge is 0.193 e. The molecule has 1 N–H and O–H groups in total. The van der Waals surface area contributed by atoms with E-state index in [1.807, 2.05) is 13.1 Å². The number of fused-ring (bicyclic) bond motifs is 1. The summed E-state index contributed by atoms with van der Waals surface area (Å²) in [5.74, 6) is 2.36. The van der Waals surface area contributed by atoms with Gasteiger partial charge in [-0.15, -0.1) is 24.0 Å². The van der Waals surface area contributed by atoms with Crippen LogP contribution in [0.25, 0.3) is 0 Å². The number of nitrogens with one attached hydrogen (secondary N) is 1. The van der Waals surface area contributed by atoms with Gasteiger partial charge in [0.1, 0.15) is 5.75 Å². The van der Waals surface area contributed by atoms with E-state index >= 15 is 0 Å². The van der Waals surface area contributed by atoms with Gasteiger partial charge in [0, 0.05) is 50.0 Å². The quantitative estimate of drug-likeness (QED) is 0.368. The number of hydrogen-bond acceptors (Lipinski definition) is 2. The molecule has 7 heteroatoms. The summed E-state index contributed by atoms with van der Waals surface area (Å²) in [6, 6.07) is 10.5. The van der Waals surface area contributed by atoms with Gasteiger partial charge in [-0.05, 0) is 40.0 Å². The fourth-order valence-electron chi connectivity index (χ4n) is 3.27. The third-order valence-electron chi connectivity index (χ3n) is 4.64. The van der Waals surface area contributed by atoms with Gasteiger partial charge in [0.25, 0.3) is 0 Å². The van der Waals surface area contributed by atoms with Crippen LogP contribution in [0.4, 0.5) is 0 Å². The van der Waals surface area contributed by atoms with Crippen molar-refractivity contribution in [3.63, 3.8) is 0 Å². The summed E-state index contributed by atoms with van der Waals surface area (Å²) in [4.78, 5) is 6.59. The number of benzene rings is 1. The third kappa shape index (κ3) is 4.94. The van der Waals surface area contributed by atoms with Gasteiger partial charge in [-0.3, -0.25) is 4.99 Å². The largest absolute Gasteiger partial charge is 0.493 e. The Kier molecular flexibility index (Phi) is 7.82. The summed E-state index contributed by atoms with van der Waals surface area (Å²) >= 11 is 3.53. The standard InChI is InChI=1S/C19H25BrN4O.HI/c1-21-19(24(3)13-16-10-15(20)12-23(16)2)22-11-14-8-9-25-18-7-5-4-6-17(14)18;/h4-7,10,12,14H,8-9,11,13H2,1-3H3,(H,21,22);1H. The van der Waals surface area contributed by atoms with Gasteiger partial charge in [0.2, 0.25) is 0 Å². The van der Waals surface area contributed by atoms with Crippen molar-refractivity contribution < 1.29 is 4.74 Å². The Morgan fingerprint density at radius 2 is 2.19 bits per heavy atom. The maximum absolute atomic E-state index is 5.75. The van der Waals surface area contributed by atoms with Gasteiger partial charge in [0.15, 0.2) is 5.96 Å². The molecule has 0 amide bonds. The summed E-state index contributed by atoms with van der Waals surface area (Å²) in [5, 5.41) is 3.53. The summed E-state index contributed by atoms with van der Waals surface area (Å²) < 4.78 is 8.98. The topological polar surface area (TPSA) is 41.8 Å². The minimum atomic E-state index is 0. The summed E-state index contributed by atoms with van der Waals surface area (Å²) in [5.41, 5.74) is 2.51. The molecule has 0 saturated carbocycles. The number of aliphatic imine (C=N–C) groups is 1. The molecule has 1 unspecified atom stereocenters. The maximum Gasteiger partial charge on any atom is 0.193 e. The molecule has 1 atom stereocenters. The lowest BCUT2D eigenvalue weighted by Crippen LogP contribution is -2.41. The molecule has 0 fully saturated rings. The number of nitrogens with zero attached hydrogens (tertiary/aromatic N) is 3. The molecule has 0 aliphatic carbocycles. The van der Waals surface area contributed by atoms with Crippen LogP contribution in [0, 0.1) is 0 Å². The van der Waals surface area contributed by atoms with E-state index in [0.29, 0.717) is 5.92 Å². The molecule has 0 spiro atoms. The van der Waals surface area contributed by atoms with E-state index in [2.05, 4.69) is 80.3 Å². The van der Waals surface area contributed by atoms with Crippen LogP contribution in [0.5, 0.6) is 5.75 Å². The molecule has 1 aromatic heterocycles. The second-order valence-corrected chi connectivity index (χ2v) is 7.33. The van der Waals surface area contributed by atoms with E-state index in [-0.39, 0.29) is 24.0 Å². The zero-order valence-electron chi connectivity index (χ0n) is 15.4. The van der Waals surface area contributed by atoms with Crippen LogP contribution in [-0.4, -0.2) is 42.7 Å². The van der Waals surface area contributed by atoms with E-state index in [4.69, 9.17) is 4.74 Å². The second-order valence-electron chi connectivity index (χ2n) is 6.42. The highest BCUT2D eigenvalue weighted by molar-refractivity contribution is 14.0. The Bertz CT molecular complexity index is 762. The van der Waals surface area contributed by atoms with Crippen LogP contribution in [-0.2, 0) is 13.6 Å². The molecule has 0 saturated heterocycles. The zero-order chi connectivity index (χ0) is 17.8. The molecule has 5 nitrogen and oxygen atoms in total. The molecule has 2 heterocycles. The number of rotatable bonds is 4. The zero-order valence-corrected chi connectivity index (χ0v) is 19.3. The Morgan fingerprint density at radius 3 is 2.88 bits per heavy atom. The third-order valence-corrected chi connectivity index (χ3v) is 5.07. The van der Waals surface area contributed by atoms with Crippen LogP contribution in [0.1, 0.15) is 23.6 Å². The van der Waals surface area contributed by atoms with Gasteiger partial charge in [0.05, 0.1) is 13.2 Å². The van der Waals surface area contributed by atoms with Crippen LogP contribution in [0.15, 0.2) is 46.0 Å². The van der Waals surface area contributed by atoms with Crippen molar-refractivity contribution in [2.75, 3.05) is 27.2 Å². The Hall–Kier alpha value is -1.22. The minimum Gasteiger partial charge on any atom is -0.493 e. The summed E-state index contributed by atoms with van der Waals surface area (Å²) in [7, 11) is 5.95. The van der Waals surface area contributed by atoms with Gasteiger partial charge in [-0.2, -0.15) is 0 Å².